The fourth-order valence-electron chi connectivity index (χ4n) is 2.15. The summed E-state index contributed by atoms with van der Waals surface area (Å²) in [5, 5.41) is 0. The van der Waals surface area contributed by atoms with Crippen molar-refractivity contribution in [2.24, 2.45) is 0 Å². The summed E-state index contributed by atoms with van der Waals surface area (Å²) < 4.78 is 11.3. The first kappa shape index (κ1) is 16.7. The molecule has 0 heterocycles. The van der Waals surface area contributed by atoms with Gasteiger partial charge in [-0.2, -0.15) is 0 Å². The van der Waals surface area contributed by atoms with Gasteiger partial charge in [-0.25, -0.2) is 0 Å². The van der Waals surface area contributed by atoms with E-state index in [-0.39, 0.29) is 18.2 Å². The van der Waals surface area contributed by atoms with Crippen LogP contribution in [0.15, 0.2) is 42.5 Å². The van der Waals surface area contributed by atoms with Crippen LogP contribution in [-0.4, -0.2) is 18.2 Å². The molecule has 2 rings (SSSR count). The normalized spacial score (nSPS) is 10.2. The molecule has 23 heavy (non-hydrogen) atoms. The van der Waals surface area contributed by atoms with Crippen molar-refractivity contribution < 1.29 is 19.1 Å². The molecule has 4 heteroatoms. The molecule has 0 fully saturated rings. The van der Waals surface area contributed by atoms with Gasteiger partial charge in [0.15, 0.2) is 11.6 Å². The largest absolute Gasteiger partial charge is 0.493 e. The Balaban J connectivity index is 2.16. The number of hydrogen-bond donors (Lipinski definition) is 0. The van der Waals surface area contributed by atoms with Crippen LogP contribution in [0.2, 0.25) is 0 Å². The lowest BCUT2D eigenvalue weighted by atomic mass is 10.1. The van der Waals surface area contributed by atoms with Crippen molar-refractivity contribution in [3.63, 3.8) is 0 Å². The predicted molar refractivity (Wildman–Crippen MR) is 88.4 cm³/mol. The summed E-state index contributed by atoms with van der Waals surface area (Å²) in [5.41, 5.74) is 2.08. The van der Waals surface area contributed by atoms with Gasteiger partial charge in [0.05, 0.1) is 6.61 Å². The Morgan fingerprint density at radius 2 is 1.48 bits per heavy atom. The van der Waals surface area contributed by atoms with Crippen molar-refractivity contribution in [2.45, 2.75) is 27.4 Å². The number of carbonyl (C=O) groups is 2. The van der Waals surface area contributed by atoms with Gasteiger partial charge in [0.1, 0.15) is 18.1 Å². The fraction of sp³-hybridized carbons (Fsp3) is 0.263. The van der Waals surface area contributed by atoms with Crippen LogP contribution >= 0.6 is 0 Å². The van der Waals surface area contributed by atoms with Crippen LogP contribution in [0.5, 0.6) is 11.5 Å². The lowest BCUT2D eigenvalue weighted by Gasteiger charge is -2.13. The molecular weight excluding hydrogens is 292 g/mol. The third-order valence-corrected chi connectivity index (χ3v) is 3.42. The summed E-state index contributed by atoms with van der Waals surface area (Å²) in [5.74, 6) is 1.38. The van der Waals surface area contributed by atoms with Crippen LogP contribution in [0, 0.1) is 0 Å². The number of Topliss-reactive ketones (excluding diaryl/α,β-unsaturated/α-hetero) is 2. The molecule has 0 aliphatic rings. The van der Waals surface area contributed by atoms with E-state index in [0.717, 1.165) is 5.56 Å². The molecule has 4 nitrogen and oxygen atoms in total. The van der Waals surface area contributed by atoms with E-state index in [2.05, 4.69) is 0 Å². The number of ketones is 2. The van der Waals surface area contributed by atoms with E-state index in [1.807, 2.05) is 6.92 Å². The molecule has 0 atom stereocenters. The van der Waals surface area contributed by atoms with Crippen LogP contribution < -0.4 is 9.47 Å². The summed E-state index contributed by atoms with van der Waals surface area (Å²) in [7, 11) is 0. The lowest BCUT2D eigenvalue weighted by molar-refractivity contribution is 0.100. The third-order valence-electron chi connectivity index (χ3n) is 3.42. The predicted octanol–water partition coefficient (Wildman–Crippen LogP) is 4.07. The maximum Gasteiger partial charge on any atom is 0.159 e. The maximum absolute atomic E-state index is 11.5. The zero-order valence-corrected chi connectivity index (χ0v) is 13.6. The standard InChI is InChI=1S/C19H20O4/c1-4-22-19-10-7-16(14(3)21)11-17(19)12-23-18-8-5-15(6-9-18)13(2)20/h5-11H,4,12H2,1-3H3. The highest BCUT2D eigenvalue weighted by atomic mass is 16.5. The van der Waals surface area contributed by atoms with Crippen molar-refractivity contribution >= 4 is 11.6 Å². The highest BCUT2D eigenvalue weighted by Gasteiger charge is 2.09. The summed E-state index contributed by atoms with van der Waals surface area (Å²) in [6, 6.07) is 12.3. The average Bonchev–Trinajstić information content (AvgIpc) is 2.54. The molecule has 0 aliphatic carbocycles. The molecule has 0 spiro atoms. The van der Waals surface area contributed by atoms with E-state index in [1.165, 1.54) is 13.8 Å². The Bertz CT molecular complexity index is 702. The van der Waals surface area contributed by atoms with Crippen LogP contribution in [0.1, 0.15) is 47.1 Å². The minimum Gasteiger partial charge on any atom is -0.493 e. The van der Waals surface area contributed by atoms with Crippen LogP contribution in [0.3, 0.4) is 0 Å². The number of hydrogen-bond acceptors (Lipinski definition) is 4. The first-order chi connectivity index (χ1) is 11.0. The van der Waals surface area contributed by atoms with Crippen molar-refractivity contribution in [3.8, 4) is 11.5 Å². The monoisotopic (exact) mass is 312 g/mol. The molecule has 0 amide bonds. The molecule has 2 aromatic carbocycles. The van der Waals surface area contributed by atoms with Gasteiger partial charge in [-0.3, -0.25) is 9.59 Å². The zero-order chi connectivity index (χ0) is 16.8. The first-order valence-electron chi connectivity index (χ1n) is 7.51. The minimum atomic E-state index is 0.000101. The van der Waals surface area contributed by atoms with Gasteiger partial charge in [-0.15, -0.1) is 0 Å². The molecular formula is C19H20O4. The number of benzene rings is 2. The molecule has 0 aliphatic heterocycles. The zero-order valence-electron chi connectivity index (χ0n) is 13.6. The van der Waals surface area contributed by atoms with Gasteiger partial charge < -0.3 is 9.47 Å². The molecule has 0 saturated carbocycles. The minimum absolute atomic E-state index is 0.000101. The number of ether oxygens (including phenoxy) is 2. The molecule has 0 bridgehead atoms. The Hall–Kier alpha value is -2.62. The molecule has 0 radical (unpaired) electrons. The van der Waals surface area contributed by atoms with E-state index in [4.69, 9.17) is 9.47 Å². The second-order valence-corrected chi connectivity index (χ2v) is 5.18. The van der Waals surface area contributed by atoms with Crippen molar-refractivity contribution in [2.75, 3.05) is 6.61 Å². The molecule has 0 unspecified atom stereocenters. The van der Waals surface area contributed by atoms with E-state index >= 15 is 0 Å². The van der Waals surface area contributed by atoms with Gasteiger partial charge in [-0.05, 0) is 63.2 Å². The topological polar surface area (TPSA) is 52.6 Å². The molecule has 0 N–H and O–H groups in total. The Morgan fingerprint density at radius 1 is 0.870 bits per heavy atom. The highest BCUT2D eigenvalue weighted by molar-refractivity contribution is 5.94. The Morgan fingerprint density at radius 3 is 2.04 bits per heavy atom. The van der Waals surface area contributed by atoms with E-state index in [0.29, 0.717) is 29.2 Å². The summed E-state index contributed by atoms with van der Waals surface area (Å²) in [6.45, 7) is 5.79. The van der Waals surface area contributed by atoms with E-state index < -0.39 is 0 Å². The quantitative estimate of drug-likeness (QED) is 0.723. The van der Waals surface area contributed by atoms with Crippen LogP contribution in [0.4, 0.5) is 0 Å². The average molecular weight is 312 g/mol. The highest BCUT2D eigenvalue weighted by Crippen LogP contribution is 2.23. The molecule has 2 aromatic rings. The van der Waals surface area contributed by atoms with Gasteiger partial charge in [-0.1, -0.05) is 0 Å². The summed E-state index contributed by atoms with van der Waals surface area (Å²) in [6.07, 6.45) is 0. The molecule has 120 valence electrons. The molecule has 0 saturated heterocycles. The Kier molecular flexibility index (Phi) is 5.52. The summed E-state index contributed by atoms with van der Waals surface area (Å²) >= 11 is 0. The van der Waals surface area contributed by atoms with Crippen molar-refractivity contribution in [1.29, 1.82) is 0 Å². The van der Waals surface area contributed by atoms with Crippen molar-refractivity contribution in [3.05, 3.63) is 59.2 Å². The second-order valence-electron chi connectivity index (χ2n) is 5.18. The van der Waals surface area contributed by atoms with Crippen molar-refractivity contribution in [1.82, 2.24) is 0 Å². The second kappa shape index (κ2) is 7.58. The number of carbonyl (C=O) groups excluding carboxylic acids is 2. The smallest absolute Gasteiger partial charge is 0.159 e. The summed E-state index contributed by atoms with van der Waals surface area (Å²) in [4.78, 5) is 22.8. The van der Waals surface area contributed by atoms with Crippen LogP contribution in [0.25, 0.3) is 0 Å². The van der Waals surface area contributed by atoms with Gasteiger partial charge in [0, 0.05) is 16.7 Å². The molecule has 0 aromatic heterocycles. The fourth-order valence-corrected chi connectivity index (χ4v) is 2.15. The Labute approximate surface area is 136 Å². The van der Waals surface area contributed by atoms with Gasteiger partial charge in [0.2, 0.25) is 0 Å². The third kappa shape index (κ3) is 4.42. The van der Waals surface area contributed by atoms with Gasteiger partial charge in [0.25, 0.3) is 0 Å². The van der Waals surface area contributed by atoms with E-state index in [9.17, 15) is 9.59 Å². The van der Waals surface area contributed by atoms with Gasteiger partial charge >= 0.3 is 0 Å². The maximum atomic E-state index is 11.5. The number of rotatable bonds is 7. The SMILES string of the molecule is CCOc1ccc(C(C)=O)cc1COc1ccc(C(C)=O)cc1. The lowest BCUT2D eigenvalue weighted by Crippen LogP contribution is -2.03. The van der Waals surface area contributed by atoms with Crippen LogP contribution in [-0.2, 0) is 6.61 Å². The first-order valence-corrected chi connectivity index (χ1v) is 7.51. The van der Waals surface area contributed by atoms with E-state index in [1.54, 1.807) is 42.5 Å².